The Labute approximate surface area is 147 Å². The fraction of sp³-hybridized carbons (Fsp3) is 0.941. The molecule has 0 aromatic heterocycles. The molecule has 0 aromatic rings. The molecule has 3 unspecified atom stereocenters. The molecular weight excluding hydrogens is 326 g/mol. The second-order valence-electron chi connectivity index (χ2n) is 7.60. The number of rotatable bonds is 5. The maximum absolute atomic E-state index is 12.6. The maximum Gasteiger partial charge on any atom is 0.237 e. The van der Waals surface area contributed by atoms with E-state index < -0.39 is 10.0 Å². The number of carbonyl (C=O) groups is 1. The minimum absolute atomic E-state index is 0.0462. The molecule has 1 aliphatic heterocycles. The lowest BCUT2D eigenvalue weighted by atomic mass is 9.86. The van der Waals surface area contributed by atoms with Gasteiger partial charge >= 0.3 is 0 Å². The predicted octanol–water partition coefficient (Wildman–Crippen LogP) is 1.43. The molecule has 0 bridgehead atoms. The number of nitrogens with zero attached hydrogens (tertiary/aromatic N) is 2. The van der Waals surface area contributed by atoms with Crippen LogP contribution in [0.15, 0.2) is 0 Å². The van der Waals surface area contributed by atoms with Gasteiger partial charge in [0, 0.05) is 32.2 Å². The Balaban J connectivity index is 1.83. The number of piperidine rings is 1. The van der Waals surface area contributed by atoms with Gasteiger partial charge in [-0.2, -0.15) is 0 Å². The Hall–Kier alpha value is -0.660. The zero-order chi connectivity index (χ0) is 17.9. The van der Waals surface area contributed by atoms with Gasteiger partial charge in [-0.3, -0.25) is 9.69 Å². The van der Waals surface area contributed by atoms with Crippen molar-refractivity contribution in [2.24, 2.45) is 5.92 Å². The zero-order valence-electron chi connectivity index (χ0n) is 15.5. The summed E-state index contributed by atoms with van der Waals surface area (Å²) >= 11 is 0. The first kappa shape index (κ1) is 19.7. The van der Waals surface area contributed by atoms with Crippen LogP contribution in [0, 0.1) is 5.92 Å². The third-order valence-corrected chi connectivity index (χ3v) is 7.25. The lowest BCUT2D eigenvalue weighted by Crippen LogP contribution is -2.54. The van der Waals surface area contributed by atoms with Crippen LogP contribution in [0.25, 0.3) is 0 Å². The Morgan fingerprint density at radius 2 is 1.75 bits per heavy atom. The van der Waals surface area contributed by atoms with Crippen molar-refractivity contribution in [3.05, 3.63) is 0 Å². The van der Waals surface area contributed by atoms with Gasteiger partial charge in [-0.1, -0.05) is 19.8 Å². The summed E-state index contributed by atoms with van der Waals surface area (Å²) in [5.74, 6) is 0.674. The summed E-state index contributed by atoms with van der Waals surface area (Å²) in [6.07, 6.45) is 7.56. The summed E-state index contributed by atoms with van der Waals surface area (Å²) in [5, 5.41) is 3.24. The summed E-state index contributed by atoms with van der Waals surface area (Å²) < 4.78 is 24.8. The molecule has 7 heteroatoms. The quantitative estimate of drug-likeness (QED) is 0.806. The maximum atomic E-state index is 12.6. The number of likely N-dealkylation sites (tertiary alicyclic amines) is 1. The van der Waals surface area contributed by atoms with Crippen molar-refractivity contribution in [2.75, 3.05) is 26.4 Å². The lowest BCUT2D eigenvalue weighted by Gasteiger charge is -2.39. The molecule has 24 heavy (non-hydrogen) atoms. The molecule has 2 aliphatic rings. The highest BCUT2D eigenvalue weighted by atomic mass is 32.2. The van der Waals surface area contributed by atoms with Gasteiger partial charge in [-0.15, -0.1) is 0 Å². The molecule has 1 aliphatic carbocycles. The number of nitrogens with one attached hydrogen (secondary N) is 1. The first-order valence-electron chi connectivity index (χ1n) is 9.17. The standard InChI is InChI=1S/C17H33N3O3S/c1-13-7-5-6-8-16(13)18-17(21)14(2)20-11-9-15(10-12-20)19(3)24(4,22)23/h13-16H,5-12H2,1-4H3,(H,18,21). The van der Waals surface area contributed by atoms with Gasteiger partial charge in [-0.25, -0.2) is 12.7 Å². The molecule has 2 rings (SSSR count). The van der Waals surface area contributed by atoms with Crippen molar-refractivity contribution >= 4 is 15.9 Å². The van der Waals surface area contributed by atoms with Crippen LogP contribution in [-0.4, -0.2) is 68.0 Å². The molecule has 0 aromatic carbocycles. The summed E-state index contributed by atoms with van der Waals surface area (Å²) in [5.41, 5.74) is 0. The van der Waals surface area contributed by atoms with Crippen molar-refractivity contribution < 1.29 is 13.2 Å². The highest BCUT2D eigenvalue weighted by Crippen LogP contribution is 2.24. The van der Waals surface area contributed by atoms with E-state index in [1.807, 2.05) is 6.92 Å². The van der Waals surface area contributed by atoms with Crippen LogP contribution >= 0.6 is 0 Å². The van der Waals surface area contributed by atoms with E-state index in [1.165, 1.54) is 29.8 Å². The minimum atomic E-state index is -3.15. The molecule has 2 fully saturated rings. The van der Waals surface area contributed by atoms with Crippen LogP contribution in [0.1, 0.15) is 52.4 Å². The predicted molar refractivity (Wildman–Crippen MR) is 96.2 cm³/mol. The normalized spacial score (nSPS) is 28.7. The Morgan fingerprint density at radius 1 is 1.17 bits per heavy atom. The lowest BCUT2D eigenvalue weighted by molar-refractivity contribution is -0.127. The van der Waals surface area contributed by atoms with Gasteiger partial charge < -0.3 is 5.32 Å². The monoisotopic (exact) mass is 359 g/mol. The summed E-state index contributed by atoms with van der Waals surface area (Å²) in [7, 11) is -1.50. The molecule has 0 spiro atoms. The molecule has 1 amide bonds. The van der Waals surface area contributed by atoms with Crippen molar-refractivity contribution in [3.8, 4) is 0 Å². The van der Waals surface area contributed by atoms with Crippen LogP contribution in [0.4, 0.5) is 0 Å². The number of hydrogen-bond acceptors (Lipinski definition) is 4. The second-order valence-corrected chi connectivity index (χ2v) is 9.64. The van der Waals surface area contributed by atoms with E-state index in [0.717, 1.165) is 32.4 Å². The second kappa shape index (κ2) is 8.15. The van der Waals surface area contributed by atoms with Gasteiger partial charge in [0.25, 0.3) is 0 Å². The van der Waals surface area contributed by atoms with Crippen molar-refractivity contribution in [1.82, 2.24) is 14.5 Å². The van der Waals surface area contributed by atoms with E-state index >= 15 is 0 Å². The third kappa shape index (κ3) is 4.92. The number of carbonyl (C=O) groups excluding carboxylic acids is 1. The molecule has 1 N–H and O–H groups in total. The molecule has 3 atom stereocenters. The van der Waals surface area contributed by atoms with E-state index in [4.69, 9.17) is 0 Å². The molecule has 1 saturated carbocycles. The summed E-state index contributed by atoms with van der Waals surface area (Å²) in [6, 6.07) is 0.205. The highest BCUT2D eigenvalue weighted by molar-refractivity contribution is 7.88. The van der Waals surface area contributed by atoms with Crippen LogP contribution in [0.5, 0.6) is 0 Å². The average Bonchev–Trinajstić information content (AvgIpc) is 2.55. The summed E-state index contributed by atoms with van der Waals surface area (Å²) in [4.78, 5) is 14.7. The first-order valence-corrected chi connectivity index (χ1v) is 11.0. The molecule has 0 radical (unpaired) electrons. The topological polar surface area (TPSA) is 69.7 Å². The van der Waals surface area contributed by atoms with Gasteiger partial charge in [0.05, 0.1) is 12.3 Å². The Morgan fingerprint density at radius 3 is 2.29 bits per heavy atom. The van der Waals surface area contributed by atoms with Crippen molar-refractivity contribution in [1.29, 1.82) is 0 Å². The third-order valence-electron chi connectivity index (χ3n) is 5.90. The molecule has 1 saturated heterocycles. The average molecular weight is 360 g/mol. The van der Waals surface area contributed by atoms with Crippen LogP contribution in [-0.2, 0) is 14.8 Å². The van der Waals surface area contributed by atoms with Gasteiger partial charge in [0.15, 0.2) is 0 Å². The first-order chi connectivity index (χ1) is 11.2. The molecule has 140 valence electrons. The van der Waals surface area contributed by atoms with Crippen molar-refractivity contribution in [3.63, 3.8) is 0 Å². The minimum Gasteiger partial charge on any atom is -0.352 e. The fourth-order valence-electron chi connectivity index (χ4n) is 3.91. The van der Waals surface area contributed by atoms with Gasteiger partial charge in [0.2, 0.25) is 15.9 Å². The Kier molecular flexibility index (Phi) is 6.67. The Bertz CT molecular complexity index is 529. The van der Waals surface area contributed by atoms with E-state index in [2.05, 4.69) is 17.1 Å². The SMILES string of the molecule is CC1CCCCC1NC(=O)C(C)N1CCC(N(C)S(C)(=O)=O)CC1. The molecule has 6 nitrogen and oxygen atoms in total. The largest absolute Gasteiger partial charge is 0.352 e. The van der Waals surface area contributed by atoms with Gasteiger partial charge in [0.1, 0.15) is 0 Å². The van der Waals surface area contributed by atoms with Crippen LogP contribution in [0.2, 0.25) is 0 Å². The number of sulfonamides is 1. The van der Waals surface area contributed by atoms with Gasteiger partial charge in [-0.05, 0) is 38.5 Å². The molecule has 1 heterocycles. The fourth-order valence-corrected chi connectivity index (χ4v) is 4.66. The van der Waals surface area contributed by atoms with Crippen LogP contribution in [0.3, 0.4) is 0 Å². The zero-order valence-corrected chi connectivity index (χ0v) is 16.3. The van der Waals surface area contributed by atoms with E-state index in [-0.39, 0.29) is 18.0 Å². The van der Waals surface area contributed by atoms with Crippen LogP contribution < -0.4 is 5.32 Å². The van der Waals surface area contributed by atoms with E-state index in [0.29, 0.717) is 12.0 Å². The molecular formula is C17H33N3O3S. The number of amides is 1. The van der Waals surface area contributed by atoms with Crippen molar-refractivity contribution in [2.45, 2.75) is 70.5 Å². The van der Waals surface area contributed by atoms with E-state index in [9.17, 15) is 13.2 Å². The van der Waals surface area contributed by atoms with E-state index in [1.54, 1.807) is 7.05 Å². The number of hydrogen-bond donors (Lipinski definition) is 1. The highest BCUT2D eigenvalue weighted by Gasteiger charge is 2.32. The smallest absolute Gasteiger partial charge is 0.237 e. The summed E-state index contributed by atoms with van der Waals surface area (Å²) in [6.45, 7) is 5.71.